The summed E-state index contributed by atoms with van der Waals surface area (Å²) in [6.45, 7) is 10.1. The molecule has 76 valence electrons. The third kappa shape index (κ3) is 2.20. The Kier molecular flexibility index (Phi) is 3.42. The highest BCUT2D eigenvalue weighted by atomic mass is 14.7. The van der Waals surface area contributed by atoms with Crippen LogP contribution >= 0.6 is 0 Å². The second-order valence-electron chi connectivity index (χ2n) is 3.67. The van der Waals surface area contributed by atoms with Crippen molar-refractivity contribution in [1.82, 2.24) is 4.98 Å². The normalized spacial score (nSPS) is 12.6. The molecule has 0 fully saturated rings. The molecule has 0 aliphatic rings. The zero-order valence-electron chi connectivity index (χ0n) is 9.17. The lowest BCUT2D eigenvalue weighted by Crippen LogP contribution is -2.14. The van der Waals surface area contributed by atoms with Crippen LogP contribution < -0.4 is 5.73 Å². The van der Waals surface area contributed by atoms with E-state index in [-0.39, 0.29) is 6.04 Å². The summed E-state index contributed by atoms with van der Waals surface area (Å²) in [5, 5.41) is 0. The summed E-state index contributed by atoms with van der Waals surface area (Å²) >= 11 is 0. The number of rotatable bonds is 3. The first-order chi connectivity index (χ1) is 6.56. The molecule has 0 radical (unpaired) electrons. The van der Waals surface area contributed by atoms with Gasteiger partial charge in [-0.2, -0.15) is 0 Å². The Morgan fingerprint density at radius 2 is 2.21 bits per heavy atom. The van der Waals surface area contributed by atoms with Crippen molar-refractivity contribution in [2.24, 2.45) is 5.73 Å². The third-order valence-electron chi connectivity index (χ3n) is 2.52. The molecule has 1 heterocycles. The predicted octanol–water partition coefficient (Wildman–Crippen LogP) is 2.66. The molecule has 1 rings (SSSR count). The highest BCUT2D eigenvalue weighted by Crippen LogP contribution is 2.22. The van der Waals surface area contributed by atoms with E-state index in [0.717, 1.165) is 23.3 Å². The van der Waals surface area contributed by atoms with Gasteiger partial charge < -0.3 is 5.73 Å². The maximum Gasteiger partial charge on any atom is 0.0526 e. The van der Waals surface area contributed by atoms with Crippen LogP contribution in [0.2, 0.25) is 0 Å². The summed E-state index contributed by atoms with van der Waals surface area (Å²) in [5.41, 5.74) is 10.4. The van der Waals surface area contributed by atoms with Gasteiger partial charge in [0.15, 0.2) is 0 Å². The van der Waals surface area contributed by atoms with Gasteiger partial charge in [0.25, 0.3) is 0 Å². The van der Waals surface area contributed by atoms with Gasteiger partial charge in [0.1, 0.15) is 0 Å². The Hall–Kier alpha value is -1.15. The smallest absolute Gasteiger partial charge is 0.0526 e. The molecule has 0 aliphatic carbocycles. The Bertz CT molecular complexity index is 342. The van der Waals surface area contributed by atoms with Gasteiger partial charge in [-0.15, -0.1) is 0 Å². The van der Waals surface area contributed by atoms with Crippen LogP contribution in [-0.4, -0.2) is 4.98 Å². The molecule has 1 atom stereocenters. The summed E-state index contributed by atoms with van der Waals surface area (Å²) in [4.78, 5) is 4.26. The minimum absolute atomic E-state index is 0.0758. The monoisotopic (exact) mass is 190 g/mol. The summed E-state index contributed by atoms with van der Waals surface area (Å²) < 4.78 is 0. The second kappa shape index (κ2) is 4.38. The zero-order valence-corrected chi connectivity index (χ0v) is 9.17. The SMILES string of the molecule is C=C(CC)C(N)c1cnc(C)cc1C. The average molecular weight is 190 g/mol. The van der Waals surface area contributed by atoms with E-state index < -0.39 is 0 Å². The van der Waals surface area contributed by atoms with Crippen LogP contribution in [0.25, 0.3) is 0 Å². The lowest BCUT2D eigenvalue weighted by Gasteiger charge is -2.16. The van der Waals surface area contributed by atoms with Gasteiger partial charge in [-0.05, 0) is 37.5 Å². The molecule has 2 heteroatoms. The molecule has 1 aromatic heterocycles. The van der Waals surface area contributed by atoms with Crippen molar-refractivity contribution in [1.29, 1.82) is 0 Å². The number of nitrogens with two attached hydrogens (primary N) is 1. The number of hydrogen-bond donors (Lipinski definition) is 1. The van der Waals surface area contributed by atoms with Crippen LogP contribution in [-0.2, 0) is 0 Å². The molecule has 1 unspecified atom stereocenters. The van der Waals surface area contributed by atoms with Crippen molar-refractivity contribution in [3.8, 4) is 0 Å². The van der Waals surface area contributed by atoms with E-state index >= 15 is 0 Å². The van der Waals surface area contributed by atoms with E-state index in [1.807, 2.05) is 13.1 Å². The molecule has 1 aromatic rings. The van der Waals surface area contributed by atoms with Crippen molar-refractivity contribution in [2.45, 2.75) is 33.2 Å². The van der Waals surface area contributed by atoms with Crippen LogP contribution in [0, 0.1) is 13.8 Å². The topological polar surface area (TPSA) is 38.9 Å². The summed E-state index contributed by atoms with van der Waals surface area (Å²) in [6.07, 6.45) is 2.77. The van der Waals surface area contributed by atoms with Crippen LogP contribution in [0.1, 0.15) is 36.2 Å². The molecule has 2 nitrogen and oxygen atoms in total. The molecule has 2 N–H and O–H groups in total. The molecule has 0 bridgehead atoms. The number of nitrogens with zero attached hydrogens (tertiary/aromatic N) is 1. The minimum atomic E-state index is -0.0758. The van der Waals surface area contributed by atoms with Crippen molar-refractivity contribution < 1.29 is 0 Å². The molecule has 14 heavy (non-hydrogen) atoms. The summed E-state index contributed by atoms with van der Waals surface area (Å²) in [6, 6.07) is 1.98. The van der Waals surface area contributed by atoms with Gasteiger partial charge in [-0.3, -0.25) is 4.98 Å². The van der Waals surface area contributed by atoms with E-state index in [4.69, 9.17) is 5.73 Å². The maximum atomic E-state index is 6.06. The van der Waals surface area contributed by atoms with Crippen molar-refractivity contribution in [3.05, 3.63) is 41.2 Å². The fourth-order valence-electron chi connectivity index (χ4n) is 1.47. The van der Waals surface area contributed by atoms with E-state index in [9.17, 15) is 0 Å². The van der Waals surface area contributed by atoms with E-state index in [1.165, 1.54) is 5.56 Å². The molecule has 0 aliphatic heterocycles. The van der Waals surface area contributed by atoms with E-state index in [0.29, 0.717) is 0 Å². The van der Waals surface area contributed by atoms with Crippen molar-refractivity contribution in [3.63, 3.8) is 0 Å². The van der Waals surface area contributed by atoms with Crippen LogP contribution in [0.5, 0.6) is 0 Å². The first-order valence-electron chi connectivity index (χ1n) is 4.92. The Morgan fingerprint density at radius 1 is 1.57 bits per heavy atom. The largest absolute Gasteiger partial charge is 0.320 e. The average Bonchev–Trinajstić information content (AvgIpc) is 2.15. The highest BCUT2D eigenvalue weighted by molar-refractivity contribution is 5.32. The lowest BCUT2D eigenvalue weighted by molar-refractivity contribution is 0.791. The minimum Gasteiger partial charge on any atom is -0.320 e. The zero-order chi connectivity index (χ0) is 10.7. The quantitative estimate of drug-likeness (QED) is 0.744. The van der Waals surface area contributed by atoms with Gasteiger partial charge in [-0.1, -0.05) is 19.1 Å². The third-order valence-corrected chi connectivity index (χ3v) is 2.52. The Balaban J connectivity index is 3.01. The highest BCUT2D eigenvalue weighted by Gasteiger charge is 2.11. The molecular weight excluding hydrogens is 172 g/mol. The second-order valence-corrected chi connectivity index (χ2v) is 3.67. The molecule has 0 spiro atoms. The summed E-state index contributed by atoms with van der Waals surface area (Å²) in [7, 11) is 0. The maximum absolute atomic E-state index is 6.06. The Morgan fingerprint density at radius 3 is 2.71 bits per heavy atom. The van der Waals surface area contributed by atoms with Gasteiger partial charge in [-0.25, -0.2) is 0 Å². The van der Waals surface area contributed by atoms with E-state index in [2.05, 4.69) is 31.5 Å². The predicted molar refractivity (Wildman–Crippen MR) is 60.1 cm³/mol. The number of aromatic nitrogens is 1. The molecule has 0 amide bonds. The molecule has 0 aromatic carbocycles. The summed E-state index contributed by atoms with van der Waals surface area (Å²) in [5.74, 6) is 0. The van der Waals surface area contributed by atoms with Crippen molar-refractivity contribution in [2.75, 3.05) is 0 Å². The van der Waals surface area contributed by atoms with Crippen LogP contribution in [0.4, 0.5) is 0 Å². The van der Waals surface area contributed by atoms with Crippen LogP contribution in [0.3, 0.4) is 0 Å². The van der Waals surface area contributed by atoms with Gasteiger partial charge in [0.05, 0.1) is 6.04 Å². The van der Waals surface area contributed by atoms with E-state index in [1.54, 1.807) is 0 Å². The van der Waals surface area contributed by atoms with Crippen LogP contribution in [0.15, 0.2) is 24.4 Å². The fourth-order valence-corrected chi connectivity index (χ4v) is 1.47. The molecule has 0 saturated heterocycles. The fraction of sp³-hybridized carbons (Fsp3) is 0.417. The number of pyridine rings is 1. The molecule has 0 saturated carbocycles. The van der Waals surface area contributed by atoms with Gasteiger partial charge in [0.2, 0.25) is 0 Å². The Labute approximate surface area is 85.9 Å². The van der Waals surface area contributed by atoms with Gasteiger partial charge >= 0.3 is 0 Å². The first-order valence-corrected chi connectivity index (χ1v) is 4.92. The molecular formula is C12H18N2. The van der Waals surface area contributed by atoms with Crippen molar-refractivity contribution >= 4 is 0 Å². The van der Waals surface area contributed by atoms with Gasteiger partial charge in [0, 0.05) is 11.9 Å². The first kappa shape index (κ1) is 10.9. The number of aryl methyl sites for hydroxylation is 2. The lowest BCUT2D eigenvalue weighted by atomic mass is 9.97. The standard InChI is InChI=1S/C12H18N2/c1-5-8(2)12(13)11-7-14-10(4)6-9(11)3/h6-7,12H,2,5,13H2,1,3-4H3. The number of hydrogen-bond acceptors (Lipinski definition) is 2.